The Kier molecular flexibility index (Phi) is 6.11. The highest BCUT2D eigenvalue weighted by Crippen LogP contribution is 2.45. The van der Waals surface area contributed by atoms with Crippen molar-refractivity contribution in [2.45, 2.75) is 39.7 Å². The first-order valence-electron chi connectivity index (χ1n) is 11.5. The van der Waals surface area contributed by atoms with Crippen LogP contribution in [-0.4, -0.2) is 36.8 Å². The van der Waals surface area contributed by atoms with Gasteiger partial charge in [0.1, 0.15) is 5.76 Å². The number of halogens is 3. The quantitative estimate of drug-likeness (QED) is 0.303. The van der Waals surface area contributed by atoms with E-state index in [-0.39, 0.29) is 0 Å². The van der Waals surface area contributed by atoms with Gasteiger partial charge in [-0.1, -0.05) is 17.3 Å². The van der Waals surface area contributed by atoms with Crippen molar-refractivity contribution in [2.75, 3.05) is 16.4 Å². The molecule has 0 aliphatic carbocycles. The van der Waals surface area contributed by atoms with Crippen molar-refractivity contribution in [3.8, 4) is 22.3 Å². The van der Waals surface area contributed by atoms with E-state index < -0.39 is 34.7 Å². The minimum Gasteiger partial charge on any atom is -0.361 e. The van der Waals surface area contributed by atoms with Crippen LogP contribution in [0.25, 0.3) is 33.2 Å². The van der Waals surface area contributed by atoms with Crippen LogP contribution in [0.4, 0.5) is 24.5 Å². The van der Waals surface area contributed by atoms with E-state index in [0.29, 0.717) is 22.8 Å². The van der Waals surface area contributed by atoms with E-state index >= 15 is 0 Å². The zero-order chi connectivity index (χ0) is 26.5. The van der Waals surface area contributed by atoms with Gasteiger partial charge in [0.05, 0.1) is 34.8 Å². The van der Waals surface area contributed by atoms with Crippen LogP contribution in [0, 0.1) is 20.8 Å². The molecule has 37 heavy (non-hydrogen) atoms. The third-order valence-corrected chi connectivity index (χ3v) is 7.60. The first kappa shape index (κ1) is 25.0. The molecular weight excluding hydrogens is 507 g/mol. The number of aromatic nitrogens is 2. The molecule has 0 amide bonds. The highest BCUT2D eigenvalue weighted by atomic mass is 32.2. The van der Waals surface area contributed by atoms with Gasteiger partial charge in [-0.3, -0.25) is 4.98 Å². The number of nitrogens with one attached hydrogen (secondary N) is 3. The van der Waals surface area contributed by atoms with Crippen LogP contribution in [0.15, 0.2) is 47.1 Å². The van der Waals surface area contributed by atoms with Gasteiger partial charge in [0, 0.05) is 22.7 Å². The molecule has 0 spiro atoms. The molecule has 2 aromatic carbocycles. The summed E-state index contributed by atoms with van der Waals surface area (Å²) in [7, 11) is -4.23. The van der Waals surface area contributed by atoms with Crippen LogP contribution < -0.4 is 15.4 Å². The first-order chi connectivity index (χ1) is 17.4. The van der Waals surface area contributed by atoms with Crippen LogP contribution >= 0.6 is 0 Å². The normalized spacial score (nSPS) is 15.5. The molecule has 5 rings (SSSR count). The maximum absolute atomic E-state index is 12.6. The number of rotatable bonds is 6. The molecule has 3 N–H and O–H groups in total. The maximum atomic E-state index is 12.6. The third kappa shape index (κ3) is 4.98. The summed E-state index contributed by atoms with van der Waals surface area (Å²) in [6.45, 7) is 5.60. The summed E-state index contributed by atoms with van der Waals surface area (Å²) in [6.07, 6.45) is -5.35. The lowest BCUT2D eigenvalue weighted by molar-refractivity contribution is -0.130. The molecule has 194 valence electrons. The summed E-state index contributed by atoms with van der Waals surface area (Å²) >= 11 is 0. The van der Waals surface area contributed by atoms with Gasteiger partial charge in [0.25, 0.3) is 0 Å². The van der Waals surface area contributed by atoms with Gasteiger partial charge in [-0.25, -0.2) is 8.42 Å². The smallest absolute Gasteiger partial charge is 0.361 e. The van der Waals surface area contributed by atoms with E-state index in [1.807, 2.05) is 50.2 Å². The number of nitrogens with zero attached hydrogens (tertiary/aromatic N) is 2. The van der Waals surface area contributed by atoms with E-state index in [9.17, 15) is 21.6 Å². The van der Waals surface area contributed by atoms with Crippen molar-refractivity contribution in [2.24, 2.45) is 0 Å². The Morgan fingerprint density at radius 3 is 2.57 bits per heavy atom. The molecule has 1 unspecified atom stereocenters. The summed E-state index contributed by atoms with van der Waals surface area (Å²) in [5.74, 6) is -0.451. The van der Waals surface area contributed by atoms with Crippen molar-refractivity contribution in [3.05, 3.63) is 59.6 Å². The number of hydrogen-bond acceptors (Lipinski definition) is 7. The lowest BCUT2D eigenvalue weighted by Gasteiger charge is -2.17. The molecule has 1 atom stereocenters. The number of aryl methyl sites for hydroxylation is 3. The molecule has 2 aromatic heterocycles. The van der Waals surface area contributed by atoms with Crippen molar-refractivity contribution < 1.29 is 26.1 Å². The monoisotopic (exact) mass is 531 g/mol. The average Bonchev–Trinajstić information content (AvgIpc) is 3.38. The van der Waals surface area contributed by atoms with Gasteiger partial charge in [-0.15, -0.1) is 0 Å². The highest BCUT2D eigenvalue weighted by molar-refractivity contribution is 7.89. The van der Waals surface area contributed by atoms with Gasteiger partial charge < -0.3 is 15.2 Å². The van der Waals surface area contributed by atoms with Gasteiger partial charge in [-0.05, 0) is 61.7 Å². The Labute approximate surface area is 211 Å². The predicted octanol–water partition coefficient (Wildman–Crippen LogP) is 5.47. The Bertz CT molecular complexity index is 1600. The second-order valence-corrected chi connectivity index (χ2v) is 10.9. The number of anilines is 2. The van der Waals surface area contributed by atoms with Gasteiger partial charge in [0.2, 0.25) is 10.0 Å². The SMILES string of the molecule is Cc1ccc2ncccc2c1-c1cc(-c2c(C)noc2C)cc2c1NC(NS(=O)(=O)CCC(F)(F)F)N2. The van der Waals surface area contributed by atoms with E-state index in [2.05, 4.69) is 25.5 Å². The summed E-state index contributed by atoms with van der Waals surface area (Å²) in [5.41, 5.74) is 6.89. The molecule has 12 heteroatoms. The van der Waals surface area contributed by atoms with Crippen LogP contribution in [0.3, 0.4) is 0 Å². The zero-order valence-electron chi connectivity index (χ0n) is 20.2. The Morgan fingerprint density at radius 1 is 1.08 bits per heavy atom. The Morgan fingerprint density at radius 2 is 1.86 bits per heavy atom. The zero-order valence-corrected chi connectivity index (χ0v) is 21.0. The lowest BCUT2D eigenvalue weighted by Crippen LogP contribution is -2.44. The van der Waals surface area contributed by atoms with Gasteiger partial charge >= 0.3 is 6.18 Å². The number of sulfonamides is 1. The molecule has 1 aliphatic heterocycles. The third-order valence-electron chi connectivity index (χ3n) is 6.26. The molecule has 1 aliphatic rings. The van der Waals surface area contributed by atoms with Crippen molar-refractivity contribution >= 4 is 32.3 Å². The highest BCUT2D eigenvalue weighted by Gasteiger charge is 2.33. The first-order valence-corrected chi connectivity index (χ1v) is 13.1. The number of hydrogen-bond donors (Lipinski definition) is 3. The minimum absolute atomic E-state index is 0.580. The van der Waals surface area contributed by atoms with Gasteiger partial charge in [-0.2, -0.15) is 17.9 Å². The second-order valence-electron chi connectivity index (χ2n) is 9.00. The molecule has 0 fully saturated rings. The fraction of sp³-hybridized carbons (Fsp3) is 0.280. The molecule has 0 saturated heterocycles. The van der Waals surface area contributed by atoms with Crippen molar-refractivity contribution in [3.63, 3.8) is 0 Å². The lowest BCUT2D eigenvalue weighted by atomic mass is 9.91. The molecule has 0 radical (unpaired) electrons. The molecular formula is C25H24F3N5O3S. The Hall–Kier alpha value is -3.64. The van der Waals surface area contributed by atoms with Crippen LogP contribution in [0.1, 0.15) is 23.4 Å². The molecule has 8 nitrogen and oxygen atoms in total. The Balaban J connectivity index is 1.62. The second kappa shape index (κ2) is 9.03. The summed E-state index contributed by atoms with van der Waals surface area (Å²) in [6, 6.07) is 11.5. The topological polar surface area (TPSA) is 109 Å². The maximum Gasteiger partial charge on any atom is 0.390 e. The summed E-state index contributed by atoms with van der Waals surface area (Å²) < 4.78 is 70.3. The fourth-order valence-electron chi connectivity index (χ4n) is 4.65. The van der Waals surface area contributed by atoms with Crippen molar-refractivity contribution in [1.82, 2.24) is 14.9 Å². The average molecular weight is 532 g/mol. The van der Waals surface area contributed by atoms with Crippen LogP contribution in [0.2, 0.25) is 0 Å². The number of pyridine rings is 1. The van der Waals surface area contributed by atoms with Crippen LogP contribution in [0.5, 0.6) is 0 Å². The van der Waals surface area contributed by atoms with E-state index in [0.717, 1.165) is 38.7 Å². The largest absolute Gasteiger partial charge is 0.390 e. The molecule has 0 saturated carbocycles. The minimum atomic E-state index is -4.58. The van der Waals surface area contributed by atoms with E-state index in [4.69, 9.17) is 4.52 Å². The number of benzene rings is 2. The number of alkyl halides is 3. The van der Waals surface area contributed by atoms with E-state index in [1.54, 1.807) is 13.1 Å². The summed E-state index contributed by atoms with van der Waals surface area (Å²) in [5, 5.41) is 11.1. The summed E-state index contributed by atoms with van der Waals surface area (Å²) in [4.78, 5) is 4.46. The molecule has 0 bridgehead atoms. The van der Waals surface area contributed by atoms with E-state index in [1.165, 1.54) is 0 Å². The fourth-order valence-corrected chi connectivity index (χ4v) is 5.75. The van der Waals surface area contributed by atoms with Gasteiger partial charge in [0.15, 0.2) is 6.29 Å². The number of fused-ring (bicyclic) bond motifs is 2. The molecule has 4 aromatic rings. The predicted molar refractivity (Wildman–Crippen MR) is 136 cm³/mol. The van der Waals surface area contributed by atoms with Crippen molar-refractivity contribution in [1.29, 1.82) is 0 Å². The van der Waals surface area contributed by atoms with Crippen LogP contribution in [-0.2, 0) is 10.0 Å². The standard InChI is InChI=1S/C25H24F3N5O3S/c1-13-6-7-19-17(5-4-9-29-19)21(13)18-11-16(22-14(2)32-36-15(22)3)12-20-23(18)31-24(30-20)33-37(34,35)10-8-25(26,27)28/h4-7,9,11-12,24,30-31,33H,8,10H2,1-3H3. The molecule has 3 heterocycles.